The van der Waals surface area contributed by atoms with Gasteiger partial charge in [0, 0.05) is 5.38 Å². The summed E-state index contributed by atoms with van der Waals surface area (Å²) in [4.78, 5) is 15.2. The molecule has 0 bridgehead atoms. The summed E-state index contributed by atoms with van der Waals surface area (Å²) in [5.74, 6) is 5.61. The van der Waals surface area contributed by atoms with E-state index in [2.05, 4.69) is 22.1 Å². The van der Waals surface area contributed by atoms with Crippen LogP contribution < -0.4 is 5.32 Å². The normalized spacial score (nSPS) is 10.2. The topological polar surface area (TPSA) is 51.2 Å². The Morgan fingerprint density at radius 3 is 2.94 bits per heavy atom. The van der Waals surface area contributed by atoms with E-state index in [4.69, 9.17) is 4.74 Å². The number of nitrogens with zero attached hydrogens (tertiary/aromatic N) is 1. The van der Waals surface area contributed by atoms with Gasteiger partial charge in [-0.15, -0.1) is 11.3 Å². The van der Waals surface area contributed by atoms with Crippen LogP contribution in [0.5, 0.6) is 0 Å². The summed E-state index contributed by atoms with van der Waals surface area (Å²) in [5.41, 5.74) is 1.95. The Balaban J connectivity index is 2.28. The Bertz CT molecular complexity index is 396. The minimum absolute atomic E-state index is 0.256. The molecule has 0 atom stereocenters. The minimum atomic E-state index is -0.480. The second kappa shape index (κ2) is 5.52. The smallest absolute Gasteiger partial charge is 0.408 e. The van der Waals surface area contributed by atoms with Crippen molar-refractivity contribution in [2.45, 2.75) is 26.4 Å². The molecule has 0 aliphatic heterocycles. The SMILES string of the molecule is CC(C)(C)OC(=O)NCC#Cc1cscn1. The molecule has 0 fully saturated rings. The molecule has 1 N–H and O–H groups in total. The lowest BCUT2D eigenvalue weighted by atomic mass is 10.2. The van der Waals surface area contributed by atoms with Crippen molar-refractivity contribution < 1.29 is 9.53 Å². The molecular formula is C11H14N2O2S. The molecule has 1 heterocycles. The van der Waals surface area contributed by atoms with Gasteiger partial charge in [0.2, 0.25) is 0 Å². The van der Waals surface area contributed by atoms with Gasteiger partial charge >= 0.3 is 6.09 Å². The van der Waals surface area contributed by atoms with Gasteiger partial charge < -0.3 is 10.1 Å². The van der Waals surface area contributed by atoms with Crippen LogP contribution in [0.1, 0.15) is 26.5 Å². The van der Waals surface area contributed by atoms with Gasteiger partial charge in [-0.3, -0.25) is 0 Å². The third-order valence-electron chi connectivity index (χ3n) is 1.37. The Morgan fingerprint density at radius 2 is 2.38 bits per heavy atom. The fourth-order valence-corrected chi connectivity index (χ4v) is 1.32. The maximum atomic E-state index is 11.2. The van der Waals surface area contributed by atoms with Gasteiger partial charge in [-0.05, 0) is 26.7 Å². The molecule has 4 nitrogen and oxygen atoms in total. The van der Waals surface area contributed by atoms with Crippen LogP contribution in [0.15, 0.2) is 10.9 Å². The lowest BCUT2D eigenvalue weighted by molar-refractivity contribution is 0.0535. The average Bonchev–Trinajstić information content (AvgIpc) is 2.62. The van der Waals surface area contributed by atoms with Gasteiger partial charge in [0.05, 0.1) is 12.1 Å². The zero-order chi connectivity index (χ0) is 12.0. The second-order valence-corrected chi connectivity index (χ2v) is 4.75. The first-order valence-electron chi connectivity index (χ1n) is 4.81. The number of nitrogens with one attached hydrogen (secondary N) is 1. The van der Waals surface area contributed by atoms with Crippen LogP contribution in [-0.2, 0) is 4.74 Å². The van der Waals surface area contributed by atoms with E-state index in [-0.39, 0.29) is 6.54 Å². The summed E-state index contributed by atoms with van der Waals surface area (Å²) >= 11 is 1.49. The monoisotopic (exact) mass is 238 g/mol. The molecule has 1 aromatic rings. The molecule has 0 saturated heterocycles. The van der Waals surface area contributed by atoms with E-state index in [9.17, 15) is 4.79 Å². The molecule has 1 amide bonds. The summed E-state index contributed by atoms with van der Waals surface area (Å²) in [6.07, 6.45) is -0.458. The third-order valence-corrected chi connectivity index (χ3v) is 1.96. The number of carbonyl (C=O) groups excluding carboxylic acids is 1. The molecule has 16 heavy (non-hydrogen) atoms. The number of rotatable bonds is 1. The first kappa shape index (κ1) is 12.5. The van der Waals surface area contributed by atoms with Crippen molar-refractivity contribution >= 4 is 17.4 Å². The van der Waals surface area contributed by atoms with Gasteiger partial charge in [0.15, 0.2) is 0 Å². The molecule has 5 heteroatoms. The number of thiazole rings is 1. The standard InChI is InChI=1S/C11H14N2O2S/c1-11(2,3)15-10(14)12-6-4-5-9-7-16-8-13-9/h7-8H,6H2,1-3H3,(H,12,14). The van der Waals surface area contributed by atoms with Crippen molar-refractivity contribution in [2.75, 3.05) is 6.54 Å². The summed E-state index contributed by atoms with van der Waals surface area (Å²) in [6, 6.07) is 0. The molecule has 0 aliphatic rings. The Hall–Kier alpha value is -1.54. The largest absolute Gasteiger partial charge is 0.444 e. The molecule has 0 unspecified atom stereocenters. The van der Waals surface area contributed by atoms with Crippen molar-refractivity contribution in [3.63, 3.8) is 0 Å². The molecule has 0 aromatic carbocycles. The fourth-order valence-electron chi connectivity index (χ4n) is 0.840. The summed E-state index contributed by atoms with van der Waals surface area (Å²) in [5, 5.41) is 4.39. The van der Waals surface area contributed by atoms with Crippen LogP contribution >= 0.6 is 11.3 Å². The van der Waals surface area contributed by atoms with E-state index < -0.39 is 11.7 Å². The van der Waals surface area contributed by atoms with Crippen LogP contribution in [0.4, 0.5) is 4.79 Å². The highest BCUT2D eigenvalue weighted by Gasteiger charge is 2.14. The lowest BCUT2D eigenvalue weighted by Gasteiger charge is -2.18. The van der Waals surface area contributed by atoms with E-state index in [1.807, 2.05) is 26.2 Å². The molecule has 0 radical (unpaired) electrons. The van der Waals surface area contributed by atoms with Crippen LogP contribution in [0.25, 0.3) is 0 Å². The van der Waals surface area contributed by atoms with Gasteiger partial charge in [0.25, 0.3) is 0 Å². The molecule has 0 spiro atoms. The predicted octanol–water partition coefficient (Wildman–Crippen LogP) is 2.02. The third kappa shape index (κ3) is 5.37. The van der Waals surface area contributed by atoms with E-state index in [1.165, 1.54) is 11.3 Å². The number of ether oxygens (including phenoxy) is 1. The van der Waals surface area contributed by atoms with Gasteiger partial charge in [-0.25, -0.2) is 9.78 Å². The fraction of sp³-hybridized carbons (Fsp3) is 0.455. The van der Waals surface area contributed by atoms with Crippen molar-refractivity contribution in [1.29, 1.82) is 0 Å². The number of carbonyl (C=O) groups is 1. The zero-order valence-electron chi connectivity index (χ0n) is 9.53. The maximum Gasteiger partial charge on any atom is 0.408 e. The Kier molecular flexibility index (Phi) is 4.32. The number of aromatic nitrogens is 1. The Morgan fingerprint density at radius 1 is 1.62 bits per heavy atom. The number of hydrogen-bond donors (Lipinski definition) is 1. The molecule has 0 aliphatic carbocycles. The highest BCUT2D eigenvalue weighted by atomic mass is 32.1. The lowest BCUT2D eigenvalue weighted by Crippen LogP contribution is -2.32. The molecule has 1 aromatic heterocycles. The van der Waals surface area contributed by atoms with E-state index >= 15 is 0 Å². The van der Waals surface area contributed by atoms with Crippen molar-refractivity contribution in [2.24, 2.45) is 0 Å². The molecule has 0 saturated carbocycles. The van der Waals surface area contributed by atoms with Crippen molar-refractivity contribution in [1.82, 2.24) is 10.3 Å². The molecule has 1 rings (SSSR count). The average molecular weight is 238 g/mol. The van der Waals surface area contributed by atoms with E-state index in [1.54, 1.807) is 5.51 Å². The van der Waals surface area contributed by atoms with Crippen molar-refractivity contribution in [3.05, 3.63) is 16.6 Å². The molecular weight excluding hydrogens is 224 g/mol. The summed E-state index contributed by atoms with van der Waals surface area (Å²) in [6.45, 7) is 5.70. The quantitative estimate of drug-likeness (QED) is 0.761. The first-order valence-corrected chi connectivity index (χ1v) is 5.75. The van der Waals surface area contributed by atoms with Crippen LogP contribution in [0, 0.1) is 11.8 Å². The zero-order valence-corrected chi connectivity index (χ0v) is 10.4. The maximum absolute atomic E-state index is 11.2. The van der Waals surface area contributed by atoms with Crippen LogP contribution in [0.2, 0.25) is 0 Å². The minimum Gasteiger partial charge on any atom is -0.444 e. The summed E-state index contributed by atoms with van der Waals surface area (Å²) < 4.78 is 5.04. The van der Waals surface area contributed by atoms with Gasteiger partial charge in [-0.2, -0.15) is 0 Å². The number of hydrogen-bond acceptors (Lipinski definition) is 4. The number of alkyl carbamates (subject to hydrolysis) is 1. The Labute approximate surface area is 99.0 Å². The van der Waals surface area contributed by atoms with Crippen molar-refractivity contribution in [3.8, 4) is 11.8 Å². The second-order valence-electron chi connectivity index (χ2n) is 4.03. The van der Waals surface area contributed by atoms with Crippen LogP contribution in [0.3, 0.4) is 0 Å². The summed E-state index contributed by atoms with van der Waals surface area (Å²) in [7, 11) is 0. The molecule has 86 valence electrons. The highest BCUT2D eigenvalue weighted by molar-refractivity contribution is 7.07. The van der Waals surface area contributed by atoms with E-state index in [0.29, 0.717) is 0 Å². The van der Waals surface area contributed by atoms with Gasteiger partial charge in [0.1, 0.15) is 11.3 Å². The van der Waals surface area contributed by atoms with E-state index in [0.717, 1.165) is 5.69 Å². The predicted molar refractivity (Wildman–Crippen MR) is 63.2 cm³/mol. The number of amides is 1. The highest BCUT2D eigenvalue weighted by Crippen LogP contribution is 2.05. The first-order chi connectivity index (χ1) is 7.47. The van der Waals surface area contributed by atoms with Crippen LogP contribution in [-0.4, -0.2) is 23.2 Å². The van der Waals surface area contributed by atoms with Gasteiger partial charge in [-0.1, -0.05) is 5.92 Å².